The number of H-pyrrole nitrogens is 1. The minimum atomic E-state index is -0.981. The fourth-order valence-corrected chi connectivity index (χ4v) is 1.35. The number of anilines is 1. The minimum Gasteiger partial charge on any atom is -0.480 e. The molecular weight excluding hydrogens is 210 g/mol. The zero-order chi connectivity index (χ0) is 12.1. The van der Waals surface area contributed by atoms with E-state index in [2.05, 4.69) is 9.97 Å². The molecule has 6 nitrogen and oxygen atoms in total. The number of nitrogens with zero attached hydrogens (tertiary/aromatic N) is 2. The molecule has 88 valence electrons. The molecular formula is C10H15N3O3. The van der Waals surface area contributed by atoms with Crippen LogP contribution in [0.5, 0.6) is 0 Å². The lowest BCUT2D eigenvalue weighted by molar-refractivity contribution is -0.135. The first-order chi connectivity index (χ1) is 7.56. The smallest absolute Gasteiger partial charge is 0.323 e. The molecule has 0 radical (unpaired) electrons. The molecule has 1 rings (SSSR count). The van der Waals surface area contributed by atoms with Gasteiger partial charge in [0.15, 0.2) is 5.82 Å². The first-order valence-electron chi connectivity index (χ1n) is 5.08. The van der Waals surface area contributed by atoms with Gasteiger partial charge in [0, 0.05) is 18.4 Å². The van der Waals surface area contributed by atoms with Crippen molar-refractivity contribution in [1.29, 1.82) is 0 Å². The number of hydrogen-bond acceptors (Lipinski definition) is 4. The first kappa shape index (κ1) is 12.2. The zero-order valence-corrected chi connectivity index (χ0v) is 9.30. The second-order valence-electron chi connectivity index (χ2n) is 3.52. The SMILES string of the molecule is CCC(C)N(CC(=O)O)c1ncc[nH]c1=O. The van der Waals surface area contributed by atoms with Crippen LogP contribution in [-0.4, -0.2) is 33.6 Å². The Balaban J connectivity index is 3.06. The van der Waals surface area contributed by atoms with Crippen molar-refractivity contribution in [3.63, 3.8) is 0 Å². The van der Waals surface area contributed by atoms with Crippen molar-refractivity contribution in [3.05, 3.63) is 22.7 Å². The van der Waals surface area contributed by atoms with Crippen LogP contribution in [0.25, 0.3) is 0 Å². The van der Waals surface area contributed by atoms with E-state index in [9.17, 15) is 9.59 Å². The summed E-state index contributed by atoms with van der Waals surface area (Å²) in [7, 11) is 0. The number of aliphatic carboxylic acids is 1. The largest absolute Gasteiger partial charge is 0.480 e. The van der Waals surface area contributed by atoms with Gasteiger partial charge in [-0.05, 0) is 13.3 Å². The average Bonchev–Trinajstić information content (AvgIpc) is 2.26. The lowest BCUT2D eigenvalue weighted by Gasteiger charge is -2.26. The van der Waals surface area contributed by atoms with Crippen LogP contribution >= 0.6 is 0 Å². The van der Waals surface area contributed by atoms with Crippen LogP contribution in [0.15, 0.2) is 17.2 Å². The Labute approximate surface area is 92.9 Å². The maximum absolute atomic E-state index is 11.5. The highest BCUT2D eigenvalue weighted by Gasteiger charge is 2.19. The number of carbonyl (C=O) groups is 1. The van der Waals surface area contributed by atoms with Crippen molar-refractivity contribution < 1.29 is 9.90 Å². The van der Waals surface area contributed by atoms with E-state index in [4.69, 9.17) is 5.11 Å². The molecule has 1 aromatic heterocycles. The maximum Gasteiger partial charge on any atom is 0.323 e. The van der Waals surface area contributed by atoms with Gasteiger partial charge >= 0.3 is 5.97 Å². The summed E-state index contributed by atoms with van der Waals surface area (Å²) >= 11 is 0. The summed E-state index contributed by atoms with van der Waals surface area (Å²) < 4.78 is 0. The lowest BCUT2D eigenvalue weighted by Crippen LogP contribution is -2.40. The predicted octanol–water partition coefficient (Wildman–Crippen LogP) is 0.459. The molecule has 16 heavy (non-hydrogen) atoms. The van der Waals surface area contributed by atoms with Crippen molar-refractivity contribution >= 4 is 11.8 Å². The highest BCUT2D eigenvalue weighted by Crippen LogP contribution is 2.10. The lowest BCUT2D eigenvalue weighted by atomic mass is 10.2. The molecule has 1 heterocycles. The molecule has 0 saturated carbocycles. The van der Waals surface area contributed by atoms with E-state index in [1.165, 1.54) is 17.3 Å². The zero-order valence-electron chi connectivity index (χ0n) is 9.30. The molecule has 0 saturated heterocycles. The third-order valence-corrected chi connectivity index (χ3v) is 2.39. The van der Waals surface area contributed by atoms with E-state index in [0.717, 1.165) is 6.42 Å². The van der Waals surface area contributed by atoms with E-state index >= 15 is 0 Å². The Hall–Kier alpha value is -1.85. The van der Waals surface area contributed by atoms with Gasteiger partial charge in [0.1, 0.15) is 6.54 Å². The van der Waals surface area contributed by atoms with E-state index in [1.807, 2.05) is 13.8 Å². The van der Waals surface area contributed by atoms with Crippen molar-refractivity contribution in [1.82, 2.24) is 9.97 Å². The summed E-state index contributed by atoms with van der Waals surface area (Å²) in [6.45, 7) is 3.56. The number of aromatic amines is 1. The quantitative estimate of drug-likeness (QED) is 0.760. The molecule has 6 heteroatoms. The van der Waals surface area contributed by atoms with Crippen LogP contribution in [0, 0.1) is 0 Å². The summed E-state index contributed by atoms with van der Waals surface area (Å²) in [5.41, 5.74) is -0.371. The fraction of sp³-hybridized carbons (Fsp3) is 0.500. The van der Waals surface area contributed by atoms with Crippen molar-refractivity contribution in [2.75, 3.05) is 11.4 Å². The van der Waals surface area contributed by atoms with E-state index in [1.54, 1.807) is 0 Å². The molecule has 0 aliphatic heterocycles. The monoisotopic (exact) mass is 225 g/mol. The van der Waals surface area contributed by atoms with Crippen molar-refractivity contribution in [3.8, 4) is 0 Å². The van der Waals surface area contributed by atoms with Crippen LogP contribution in [0.3, 0.4) is 0 Å². The Morgan fingerprint density at radius 1 is 1.69 bits per heavy atom. The summed E-state index contributed by atoms with van der Waals surface area (Å²) in [6, 6.07) is -0.0490. The molecule has 0 amide bonds. The maximum atomic E-state index is 11.5. The molecule has 0 aromatic carbocycles. The highest BCUT2D eigenvalue weighted by atomic mass is 16.4. The number of aromatic nitrogens is 2. The number of nitrogens with one attached hydrogen (secondary N) is 1. The van der Waals surface area contributed by atoms with Crippen LogP contribution < -0.4 is 10.5 Å². The van der Waals surface area contributed by atoms with Gasteiger partial charge in [0.2, 0.25) is 0 Å². The van der Waals surface area contributed by atoms with Gasteiger partial charge in [0.25, 0.3) is 5.56 Å². The molecule has 1 atom stereocenters. The minimum absolute atomic E-state index is 0.0490. The molecule has 0 spiro atoms. The van der Waals surface area contributed by atoms with Gasteiger partial charge in [-0.3, -0.25) is 9.59 Å². The highest BCUT2D eigenvalue weighted by molar-refractivity contribution is 5.73. The molecule has 0 aliphatic rings. The van der Waals surface area contributed by atoms with Gasteiger partial charge in [-0.2, -0.15) is 0 Å². The van der Waals surface area contributed by atoms with Gasteiger partial charge in [0.05, 0.1) is 0 Å². The third kappa shape index (κ3) is 2.82. The molecule has 1 unspecified atom stereocenters. The fourth-order valence-electron chi connectivity index (χ4n) is 1.35. The summed E-state index contributed by atoms with van der Waals surface area (Å²) in [5.74, 6) is -0.829. The Bertz CT molecular complexity index is 416. The standard InChI is InChI=1S/C10H15N3O3/c1-3-7(2)13(6-8(14)15)9-10(16)12-5-4-11-9/h4-5,7H,3,6H2,1-2H3,(H,12,16)(H,14,15). The number of rotatable bonds is 5. The van der Waals surface area contributed by atoms with E-state index in [0.29, 0.717) is 0 Å². The summed E-state index contributed by atoms with van der Waals surface area (Å²) in [5, 5.41) is 8.80. The summed E-state index contributed by atoms with van der Waals surface area (Å²) in [6.07, 6.45) is 3.60. The molecule has 0 bridgehead atoms. The Kier molecular flexibility index (Phi) is 4.04. The molecule has 2 N–H and O–H groups in total. The van der Waals surface area contributed by atoms with Gasteiger partial charge in [-0.1, -0.05) is 6.92 Å². The van der Waals surface area contributed by atoms with Gasteiger partial charge < -0.3 is 15.0 Å². The predicted molar refractivity (Wildman–Crippen MR) is 59.6 cm³/mol. The number of hydrogen-bond donors (Lipinski definition) is 2. The normalized spacial score (nSPS) is 12.1. The van der Waals surface area contributed by atoms with Crippen LogP contribution in [0.4, 0.5) is 5.82 Å². The van der Waals surface area contributed by atoms with Crippen LogP contribution in [0.1, 0.15) is 20.3 Å². The Morgan fingerprint density at radius 3 is 2.88 bits per heavy atom. The molecule has 0 fully saturated rings. The second kappa shape index (κ2) is 5.29. The third-order valence-electron chi connectivity index (χ3n) is 2.39. The van der Waals surface area contributed by atoms with Gasteiger partial charge in [-0.25, -0.2) is 4.98 Å². The van der Waals surface area contributed by atoms with Crippen LogP contribution in [-0.2, 0) is 4.79 Å². The van der Waals surface area contributed by atoms with E-state index < -0.39 is 5.97 Å². The topological polar surface area (TPSA) is 86.3 Å². The molecule has 1 aromatic rings. The second-order valence-corrected chi connectivity index (χ2v) is 3.52. The average molecular weight is 225 g/mol. The first-order valence-corrected chi connectivity index (χ1v) is 5.08. The van der Waals surface area contributed by atoms with E-state index in [-0.39, 0.29) is 24.0 Å². The molecule has 0 aliphatic carbocycles. The van der Waals surface area contributed by atoms with Gasteiger partial charge in [-0.15, -0.1) is 0 Å². The van der Waals surface area contributed by atoms with Crippen molar-refractivity contribution in [2.24, 2.45) is 0 Å². The number of carboxylic acid groups (broad SMARTS) is 1. The van der Waals surface area contributed by atoms with Crippen LogP contribution in [0.2, 0.25) is 0 Å². The van der Waals surface area contributed by atoms with Crippen molar-refractivity contribution in [2.45, 2.75) is 26.3 Å². The number of carboxylic acids is 1. The summed E-state index contributed by atoms with van der Waals surface area (Å²) in [4.78, 5) is 30.1. The Morgan fingerprint density at radius 2 is 2.38 bits per heavy atom.